The Balaban J connectivity index is 1.38. The van der Waals surface area contributed by atoms with E-state index in [2.05, 4.69) is 21.5 Å². The first-order valence-corrected chi connectivity index (χ1v) is 10.5. The number of aryl methyl sites for hydroxylation is 1. The van der Waals surface area contributed by atoms with E-state index in [0.29, 0.717) is 11.8 Å². The van der Waals surface area contributed by atoms with Crippen LogP contribution in [0.25, 0.3) is 5.52 Å². The van der Waals surface area contributed by atoms with Crippen LogP contribution >= 0.6 is 0 Å². The third-order valence-electron chi connectivity index (χ3n) is 6.84. The molecule has 3 nitrogen and oxygen atoms in total. The van der Waals surface area contributed by atoms with E-state index in [9.17, 15) is 9.50 Å². The smallest absolute Gasteiger partial charge is 0.123 e. The Morgan fingerprint density at radius 3 is 2.39 bits per heavy atom. The molecule has 2 aliphatic carbocycles. The number of halogens is 1. The van der Waals surface area contributed by atoms with E-state index in [1.165, 1.54) is 24.0 Å². The second-order valence-electron chi connectivity index (χ2n) is 8.69. The average Bonchev–Trinajstić information content (AvgIpc) is 3.43. The molecule has 0 spiro atoms. The molecule has 2 aliphatic rings. The van der Waals surface area contributed by atoms with Crippen molar-refractivity contribution in [3.8, 4) is 0 Å². The molecule has 1 unspecified atom stereocenters. The van der Waals surface area contributed by atoms with E-state index in [4.69, 9.17) is 0 Å². The van der Waals surface area contributed by atoms with Gasteiger partial charge in [0.15, 0.2) is 0 Å². The number of hydrogen-bond acceptors (Lipinski definition) is 2. The molecule has 0 saturated heterocycles. The molecule has 0 bridgehead atoms. The van der Waals surface area contributed by atoms with Crippen molar-refractivity contribution in [3.05, 3.63) is 71.1 Å². The minimum Gasteiger partial charge on any atom is -0.387 e. The van der Waals surface area contributed by atoms with Crippen molar-refractivity contribution in [2.45, 2.75) is 63.4 Å². The zero-order valence-corrected chi connectivity index (χ0v) is 16.3. The van der Waals surface area contributed by atoms with Crippen molar-refractivity contribution in [1.82, 2.24) is 9.38 Å². The van der Waals surface area contributed by atoms with Crippen molar-refractivity contribution in [2.75, 3.05) is 0 Å². The summed E-state index contributed by atoms with van der Waals surface area (Å²) in [4.78, 5) is 4.30. The van der Waals surface area contributed by atoms with E-state index in [1.807, 2.05) is 25.5 Å². The summed E-state index contributed by atoms with van der Waals surface area (Å²) >= 11 is 0. The highest BCUT2D eigenvalue weighted by atomic mass is 19.1. The standard InChI is InChI=1S/C24H27FN2O/c1-15-12-19(25)8-10-21(15)16-4-6-18(7-5-16)24(28)23-22(17-2-3-17)11-9-20-13-26-14-27(20)23/h8-14,16-18,24,28H,2-7H2,1H3. The van der Waals surface area contributed by atoms with Crippen molar-refractivity contribution in [3.63, 3.8) is 0 Å². The molecule has 0 radical (unpaired) electrons. The molecular weight excluding hydrogens is 351 g/mol. The van der Waals surface area contributed by atoms with Gasteiger partial charge in [-0.1, -0.05) is 12.1 Å². The van der Waals surface area contributed by atoms with Gasteiger partial charge >= 0.3 is 0 Å². The number of imidazole rings is 1. The van der Waals surface area contributed by atoms with Crippen LogP contribution in [0.4, 0.5) is 4.39 Å². The SMILES string of the molecule is Cc1cc(F)ccc1C1CCC(C(O)c2c(C3CC3)ccc3cncn23)CC1. The first-order chi connectivity index (χ1) is 13.6. The van der Waals surface area contributed by atoms with Crippen LogP contribution in [0.15, 0.2) is 42.9 Å². The number of benzene rings is 1. The predicted octanol–water partition coefficient (Wildman–Crippen LogP) is 5.67. The van der Waals surface area contributed by atoms with Crippen LogP contribution < -0.4 is 0 Å². The number of aliphatic hydroxyl groups is 1. The summed E-state index contributed by atoms with van der Waals surface area (Å²) in [5.74, 6) is 1.17. The minimum atomic E-state index is -0.455. The monoisotopic (exact) mass is 378 g/mol. The molecule has 2 aromatic heterocycles. The van der Waals surface area contributed by atoms with Gasteiger partial charge in [0.05, 0.1) is 29.8 Å². The Hall–Kier alpha value is -2.20. The normalized spacial score (nSPS) is 23.8. The highest BCUT2D eigenvalue weighted by molar-refractivity contribution is 5.50. The number of fused-ring (bicyclic) bond motifs is 1. The summed E-state index contributed by atoms with van der Waals surface area (Å²) in [6.45, 7) is 2.00. The summed E-state index contributed by atoms with van der Waals surface area (Å²) in [5, 5.41) is 11.4. The third-order valence-corrected chi connectivity index (χ3v) is 6.84. The molecule has 5 rings (SSSR count). The molecule has 4 heteroatoms. The van der Waals surface area contributed by atoms with Gasteiger partial charge in [-0.25, -0.2) is 9.37 Å². The molecule has 2 fully saturated rings. The first-order valence-electron chi connectivity index (χ1n) is 10.5. The molecule has 28 heavy (non-hydrogen) atoms. The van der Waals surface area contributed by atoms with E-state index >= 15 is 0 Å². The summed E-state index contributed by atoms with van der Waals surface area (Å²) in [6, 6.07) is 9.47. The Morgan fingerprint density at radius 1 is 1.00 bits per heavy atom. The van der Waals surface area contributed by atoms with Gasteiger partial charge in [-0.05, 0) is 98.1 Å². The van der Waals surface area contributed by atoms with E-state index in [1.54, 1.807) is 12.1 Å². The zero-order valence-electron chi connectivity index (χ0n) is 16.3. The van der Waals surface area contributed by atoms with E-state index in [0.717, 1.165) is 42.5 Å². The minimum absolute atomic E-state index is 0.161. The number of nitrogens with zero attached hydrogens (tertiary/aromatic N) is 2. The molecule has 1 atom stereocenters. The van der Waals surface area contributed by atoms with Gasteiger partial charge in [-0.2, -0.15) is 0 Å². The molecule has 146 valence electrons. The Bertz CT molecular complexity index is 999. The van der Waals surface area contributed by atoms with Crippen LogP contribution in [-0.4, -0.2) is 14.5 Å². The first kappa shape index (κ1) is 17.9. The maximum Gasteiger partial charge on any atom is 0.123 e. The lowest BCUT2D eigenvalue weighted by molar-refractivity contribution is 0.0754. The number of rotatable bonds is 4. The molecule has 0 aliphatic heterocycles. The summed E-state index contributed by atoms with van der Waals surface area (Å²) in [6.07, 6.45) is 9.78. The van der Waals surface area contributed by atoms with Crippen LogP contribution in [0.2, 0.25) is 0 Å². The van der Waals surface area contributed by atoms with Crippen LogP contribution in [0, 0.1) is 18.7 Å². The topological polar surface area (TPSA) is 37.5 Å². The van der Waals surface area contributed by atoms with E-state index in [-0.39, 0.29) is 11.7 Å². The quantitative estimate of drug-likeness (QED) is 0.635. The van der Waals surface area contributed by atoms with Gasteiger partial charge in [0.25, 0.3) is 0 Å². The van der Waals surface area contributed by atoms with Gasteiger partial charge in [0, 0.05) is 0 Å². The van der Waals surface area contributed by atoms with Crippen LogP contribution in [0.1, 0.15) is 78.8 Å². The third kappa shape index (κ3) is 3.14. The Labute approximate surface area is 165 Å². The fourth-order valence-electron chi connectivity index (χ4n) is 5.15. The lowest BCUT2D eigenvalue weighted by atomic mass is 9.75. The molecule has 2 heterocycles. The maximum absolute atomic E-state index is 13.4. The summed E-state index contributed by atoms with van der Waals surface area (Å²) in [5.41, 5.74) is 5.72. The fourth-order valence-corrected chi connectivity index (χ4v) is 5.15. The van der Waals surface area contributed by atoms with Gasteiger partial charge in [-0.15, -0.1) is 0 Å². The molecule has 1 aromatic carbocycles. The van der Waals surface area contributed by atoms with Gasteiger partial charge in [-0.3, -0.25) is 0 Å². The fraction of sp³-hybridized carbons (Fsp3) is 0.458. The summed E-state index contributed by atoms with van der Waals surface area (Å²) < 4.78 is 15.5. The lowest BCUT2D eigenvalue weighted by Gasteiger charge is -2.33. The van der Waals surface area contributed by atoms with Gasteiger partial charge in [0.1, 0.15) is 5.82 Å². The number of hydrogen-bond donors (Lipinski definition) is 1. The number of aliphatic hydroxyl groups excluding tert-OH is 1. The van der Waals surface area contributed by atoms with Crippen LogP contribution in [0.5, 0.6) is 0 Å². The highest BCUT2D eigenvalue weighted by Gasteiger charge is 2.34. The number of pyridine rings is 1. The van der Waals surface area contributed by atoms with Gasteiger partial charge in [0.2, 0.25) is 0 Å². The molecule has 3 aromatic rings. The van der Waals surface area contributed by atoms with Crippen LogP contribution in [0.3, 0.4) is 0 Å². The average molecular weight is 378 g/mol. The van der Waals surface area contributed by atoms with Gasteiger partial charge < -0.3 is 9.51 Å². The van der Waals surface area contributed by atoms with Crippen molar-refractivity contribution < 1.29 is 9.50 Å². The molecular formula is C24H27FN2O. The Morgan fingerprint density at radius 2 is 1.68 bits per heavy atom. The highest BCUT2D eigenvalue weighted by Crippen LogP contribution is 2.47. The molecule has 1 N–H and O–H groups in total. The van der Waals surface area contributed by atoms with Crippen LogP contribution in [-0.2, 0) is 0 Å². The largest absolute Gasteiger partial charge is 0.387 e. The lowest BCUT2D eigenvalue weighted by Crippen LogP contribution is -2.22. The summed E-state index contributed by atoms with van der Waals surface area (Å²) in [7, 11) is 0. The number of aromatic nitrogens is 2. The predicted molar refractivity (Wildman–Crippen MR) is 108 cm³/mol. The second kappa shape index (κ2) is 7.00. The molecule has 2 saturated carbocycles. The van der Waals surface area contributed by atoms with Crippen molar-refractivity contribution in [2.24, 2.45) is 5.92 Å². The Kier molecular flexibility index (Phi) is 4.47. The van der Waals surface area contributed by atoms with E-state index < -0.39 is 6.10 Å². The molecule has 0 amide bonds. The maximum atomic E-state index is 13.4. The van der Waals surface area contributed by atoms with Crippen molar-refractivity contribution in [1.29, 1.82) is 0 Å². The second-order valence-corrected chi connectivity index (χ2v) is 8.69. The van der Waals surface area contributed by atoms with Crippen molar-refractivity contribution >= 4 is 5.52 Å². The zero-order chi connectivity index (χ0) is 19.3.